The highest BCUT2D eigenvalue weighted by Gasteiger charge is 2.53. The number of hydrogen-bond donors (Lipinski definition) is 12. The van der Waals surface area contributed by atoms with Crippen molar-refractivity contribution in [2.24, 2.45) is 0 Å². The smallest absolute Gasteiger partial charge is 0.220 e. The lowest BCUT2D eigenvalue weighted by Gasteiger charge is -2.48. The zero-order valence-corrected chi connectivity index (χ0v) is 50.3. The predicted octanol–water partition coefficient (Wildman–Crippen LogP) is 7.16. The van der Waals surface area contributed by atoms with E-state index in [2.05, 4.69) is 19.2 Å². The molecule has 0 aromatic carbocycles. The van der Waals surface area contributed by atoms with E-state index in [9.17, 15) is 61.0 Å². The largest absolute Gasteiger partial charge is 0.394 e. The van der Waals surface area contributed by atoms with E-state index in [0.717, 1.165) is 44.9 Å². The molecule has 3 heterocycles. The Morgan fingerprint density at radius 3 is 1.07 bits per heavy atom. The van der Waals surface area contributed by atoms with Gasteiger partial charge in [0.1, 0.15) is 73.2 Å². The summed E-state index contributed by atoms with van der Waals surface area (Å²) in [6, 6.07) is -0.880. The number of unbranched alkanes of at least 4 members (excludes halogenated alkanes) is 34. The van der Waals surface area contributed by atoms with Gasteiger partial charge in [-0.2, -0.15) is 0 Å². The Hall–Kier alpha value is -1.21. The van der Waals surface area contributed by atoms with E-state index < -0.39 is 124 Å². The van der Waals surface area contributed by atoms with Gasteiger partial charge >= 0.3 is 0 Å². The third kappa shape index (κ3) is 29.4. The lowest BCUT2D eigenvalue weighted by atomic mass is 9.96. The first-order valence-corrected chi connectivity index (χ1v) is 32.8. The standard InChI is InChI=1S/C62H119NO18/c1-3-5-7-9-11-13-15-16-17-18-19-20-21-22-23-24-25-26-27-28-30-31-33-35-37-39-46(67)45(63-50(68)40-38-36-34-32-29-14-12-10-8-6-4-2)44-76-60-56(74)53(71)58(48(42-65)78-60)81-62-57(75)54(72)59(49(43-66)79-62)80-61-55(73)52(70)51(69)47(41-64)77-61/h45-49,51-62,64-67,69-75H,3-44H2,1-2H3,(H,63,68). The number of aliphatic hydroxyl groups is 11. The molecule has 0 bridgehead atoms. The summed E-state index contributed by atoms with van der Waals surface area (Å²) in [5, 5.41) is 120. The summed E-state index contributed by atoms with van der Waals surface area (Å²) >= 11 is 0. The minimum Gasteiger partial charge on any atom is -0.394 e. The van der Waals surface area contributed by atoms with Crippen LogP contribution in [-0.4, -0.2) is 193 Å². The number of ether oxygens (including phenoxy) is 6. The van der Waals surface area contributed by atoms with E-state index in [1.807, 2.05) is 0 Å². The van der Waals surface area contributed by atoms with E-state index in [1.165, 1.54) is 180 Å². The van der Waals surface area contributed by atoms with Crippen molar-refractivity contribution < 1.29 is 89.4 Å². The summed E-state index contributed by atoms with van der Waals surface area (Å²) < 4.78 is 34.3. The van der Waals surface area contributed by atoms with Gasteiger partial charge in [-0.3, -0.25) is 4.79 Å². The van der Waals surface area contributed by atoms with Crippen LogP contribution in [0, 0.1) is 0 Å². The Bertz CT molecular complexity index is 1490. The quantitative estimate of drug-likeness (QED) is 0.0269. The summed E-state index contributed by atoms with van der Waals surface area (Å²) in [5.74, 6) is -0.240. The average molecular weight is 1170 g/mol. The number of carbonyl (C=O) groups excluding carboxylic acids is 1. The number of aliphatic hydroxyl groups excluding tert-OH is 11. The van der Waals surface area contributed by atoms with Gasteiger partial charge in [0.15, 0.2) is 18.9 Å². The summed E-state index contributed by atoms with van der Waals surface area (Å²) in [6.45, 7) is 1.81. The second-order valence-electron chi connectivity index (χ2n) is 23.9. The lowest BCUT2D eigenvalue weighted by molar-refractivity contribution is -0.379. The third-order valence-electron chi connectivity index (χ3n) is 16.9. The van der Waals surface area contributed by atoms with Gasteiger partial charge < -0.3 is 89.9 Å². The van der Waals surface area contributed by atoms with Crippen LogP contribution < -0.4 is 5.32 Å². The topological polar surface area (TPSA) is 307 Å². The molecule has 17 unspecified atom stereocenters. The molecule has 0 radical (unpaired) electrons. The molecule has 1 amide bonds. The van der Waals surface area contributed by atoms with Crippen LogP contribution in [0.2, 0.25) is 0 Å². The van der Waals surface area contributed by atoms with Crippen LogP contribution in [0.15, 0.2) is 0 Å². The van der Waals surface area contributed by atoms with E-state index in [-0.39, 0.29) is 18.9 Å². The third-order valence-corrected chi connectivity index (χ3v) is 16.9. The van der Waals surface area contributed by atoms with Crippen LogP contribution in [-0.2, 0) is 33.2 Å². The van der Waals surface area contributed by atoms with Crippen molar-refractivity contribution in [3.8, 4) is 0 Å². The predicted molar refractivity (Wildman–Crippen MR) is 310 cm³/mol. The fraction of sp³-hybridized carbons (Fsp3) is 0.984. The molecule has 19 nitrogen and oxygen atoms in total. The molecule has 3 rings (SSSR count). The number of carbonyl (C=O) groups is 1. The van der Waals surface area contributed by atoms with Crippen molar-refractivity contribution in [3.05, 3.63) is 0 Å². The fourth-order valence-electron chi connectivity index (χ4n) is 11.6. The maximum Gasteiger partial charge on any atom is 0.220 e. The van der Waals surface area contributed by atoms with E-state index in [0.29, 0.717) is 12.8 Å². The van der Waals surface area contributed by atoms with Gasteiger partial charge in [-0.1, -0.05) is 239 Å². The van der Waals surface area contributed by atoms with Gasteiger partial charge in [0, 0.05) is 6.42 Å². The molecule has 12 N–H and O–H groups in total. The van der Waals surface area contributed by atoms with Gasteiger partial charge in [-0.05, 0) is 12.8 Å². The van der Waals surface area contributed by atoms with Crippen LogP contribution in [0.4, 0.5) is 0 Å². The Morgan fingerprint density at radius 2 is 0.704 bits per heavy atom. The first-order valence-electron chi connectivity index (χ1n) is 32.8. The number of nitrogens with one attached hydrogen (secondary N) is 1. The molecule has 17 atom stereocenters. The highest BCUT2D eigenvalue weighted by molar-refractivity contribution is 5.76. The molecule has 0 aromatic heterocycles. The normalized spacial score (nSPS) is 29.7. The lowest BCUT2D eigenvalue weighted by Crippen LogP contribution is -2.66. The maximum atomic E-state index is 13.3. The second-order valence-corrected chi connectivity index (χ2v) is 23.9. The molecule has 0 aliphatic carbocycles. The summed E-state index contributed by atoms with van der Waals surface area (Å²) in [4.78, 5) is 13.3. The molecule has 3 fully saturated rings. The number of amides is 1. The average Bonchev–Trinajstić information content (AvgIpc) is 3.51. The SMILES string of the molecule is CCCCCCCCCCCCCCCCCCCCCCCCCCCC(O)C(COC1OC(CO)C(OC2OC(CO)C(OC3OC(CO)C(O)C(O)C3O)C(O)C2O)C(O)C1O)NC(=O)CCCCCCCCCCCCC. The Balaban J connectivity index is 1.42. The first-order chi connectivity index (χ1) is 39.3. The van der Waals surface area contributed by atoms with Gasteiger partial charge in [-0.15, -0.1) is 0 Å². The molecule has 3 aliphatic rings. The van der Waals surface area contributed by atoms with E-state index in [4.69, 9.17) is 28.4 Å². The highest BCUT2D eigenvalue weighted by atomic mass is 16.8. The van der Waals surface area contributed by atoms with E-state index >= 15 is 0 Å². The zero-order chi connectivity index (χ0) is 59.0. The first kappa shape index (κ1) is 74.0. The van der Waals surface area contributed by atoms with Crippen molar-refractivity contribution in [2.45, 2.75) is 362 Å². The van der Waals surface area contributed by atoms with Crippen molar-refractivity contribution in [2.75, 3.05) is 26.4 Å². The number of hydrogen-bond acceptors (Lipinski definition) is 18. The van der Waals surface area contributed by atoms with E-state index in [1.54, 1.807) is 0 Å². The minimum atomic E-state index is -1.97. The van der Waals surface area contributed by atoms with Crippen LogP contribution >= 0.6 is 0 Å². The minimum absolute atomic E-state index is 0.240. The molecule has 480 valence electrons. The molecular formula is C62H119NO18. The van der Waals surface area contributed by atoms with Crippen molar-refractivity contribution in [1.82, 2.24) is 5.32 Å². The van der Waals surface area contributed by atoms with Crippen LogP contribution in [0.25, 0.3) is 0 Å². The molecule has 3 aliphatic heterocycles. The maximum absolute atomic E-state index is 13.3. The highest BCUT2D eigenvalue weighted by Crippen LogP contribution is 2.33. The molecule has 0 saturated carbocycles. The van der Waals surface area contributed by atoms with Gasteiger partial charge in [0.2, 0.25) is 5.91 Å². The molecule has 3 saturated heterocycles. The van der Waals surface area contributed by atoms with Gasteiger partial charge in [0.25, 0.3) is 0 Å². The van der Waals surface area contributed by atoms with Crippen molar-refractivity contribution in [1.29, 1.82) is 0 Å². The van der Waals surface area contributed by atoms with Crippen LogP contribution in [0.3, 0.4) is 0 Å². The summed E-state index contributed by atoms with van der Waals surface area (Å²) in [7, 11) is 0. The van der Waals surface area contributed by atoms with Crippen LogP contribution in [0.1, 0.15) is 258 Å². The fourth-order valence-corrected chi connectivity index (χ4v) is 11.6. The van der Waals surface area contributed by atoms with Gasteiger partial charge in [0.05, 0.1) is 38.6 Å². The Labute approximate surface area is 487 Å². The summed E-state index contributed by atoms with van der Waals surface area (Å²) in [5.41, 5.74) is 0. The van der Waals surface area contributed by atoms with Crippen molar-refractivity contribution in [3.63, 3.8) is 0 Å². The van der Waals surface area contributed by atoms with Crippen molar-refractivity contribution >= 4 is 5.91 Å². The Kier molecular flexibility index (Phi) is 42.1. The molecule has 0 aromatic rings. The number of rotatable bonds is 50. The Morgan fingerprint density at radius 1 is 0.395 bits per heavy atom. The second kappa shape index (κ2) is 46.0. The molecule has 19 heteroatoms. The zero-order valence-electron chi connectivity index (χ0n) is 50.3. The van der Waals surface area contributed by atoms with Gasteiger partial charge in [-0.25, -0.2) is 0 Å². The van der Waals surface area contributed by atoms with Crippen LogP contribution in [0.5, 0.6) is 0 Å². The molecule has 0 spiro atoms. The molecular weight excluding hydrogens is 1050 g/mol. The monoisotopic (exact) mass is 1170 g/mol. The summed E-state index contributed by atoms with van der Waals surface area (Å²) in [6.07, 6.45) is 19.2. The molecule has 81 heavy (non-hydrogen) atoms.